The van der Waals surface area contributed by atoms with E-state index in [1.54, 1.807) is 74.5 Å². The molecular weight excluding hydrogens is 497 g/mol. The average Bonchev–Trinajstić information content (AvgIpc) is 2.88. The minimum Gasteiger partial charge on any atom is -0.478 e. The Hall–Kier alpha value is -4.24. The molecule has 0 fully saturated rings. The van der Waals surface area contributed by atoms with Crippen LogP contribution in [0.4, 0.5) is 13.2 Å². The topological polar surface area (TPSA) is 81.5 Å². The predicted octanol–water partition coefficient (Wildman–Crippen LogP) is 6.10. The average molecular weight is 523 g/mol. The number of halogens is 3. The SMILES string of the molecule is Cc1cc(C)nc(O[C@@H](C(=O)O)[C@](OCc2ccccc2)(c2ccccc2)c2ccc(C(F)(F)F)cc2)n1. The minimum atomic E-state index is -4.57. The first kappa shape index (κ1) is 26.8. The number of carboxylic acid groups (broad SMARTS) is 1. The van der Waals surface area contributed by atoms with Crippen molar-refractivity contribution in [1.29, 1.82) is 0 Å². The van der Waals surface area contributed by atoms with Crippen LogP contribution in [0.2, 0.25) is 0 Å². The van der Waals surface area contributed by atoms with Crippen molar-refractivity contribution in [3.63, 3.8) is 0 Å². The molecule has 4 rings (SSSR count). The molecule has 0 aliphatic rings. The van der Waals surface area contributed by atoms with Crippen LogP contribution in [0.3, 0.4) is 0 Å². The Morgan fingerprint density at radius 2 is 1.32 bits per heavy atom. The Bertz CT molecular complexity index is 1360. The van der Waals surface area contributed by atoms with Gasteiger partial charge in [-0.3, -0.25) is 0 Å². The van der Waals surface area contributed by atoms with E-state index in [4.69, 9.17) is 9.47 Å². The van der Waals surface area contributed by atoms with Gasteiger partial charge in [0.1, 0.15) is 0 Å². The zero-order chi connectivity index (χ0) is 27.3. The molecule has 0 saturated carbocycles. The number of aromatic nitrogens is 2. The maximum absolute atomic E-state index is 13.4. The third-order valence-electron chi connectivity index (χ3n) is 5.93. The second kappa shape index (κ2) is 11.0. The van der Waals surface area contributed by atoms with Gasteiger partial charge in [0.15, 0.2) is 5.60 Å². The summed E-state index contributed by atoms with van der Waals surface area (Å²) in [6.45, 7) is 3.37. The van der Waals surface area contributed by atoms with Gasteiger partial charge in [0.05, 0.1) is 12.2 Å². The van der Waals surface area contributed by atoms with E-state index in [0.29, 0.717) is 17.0 Å². The number of carboxylic acids is 1. The molecule has 38 heavy (non-hydrogen) atoms. The Balaban J connectivity index is 1.93. The van der Waals surface area contributed by atoms with E-state index < -0.39 is 29.4 Å². The monoisotopic (exact) mass is 522 g/mol. The molecule has 2 atom stereocenters. The number of hydrogen-bond donors (Lipinski definition) is 1. The van der Waals surface area contributed by atoms with Crippen molar-refractivity contribution in [2.45, 2.75) is 38.3 Å². The molecule has 3 aromatic carbocycles. The summed E-state index contributed by atoms with van der Waals surface area (Å²) in [4.78, 5) is 21.3. The smallest absolute Gasteiger partial charge is 0.416 e. The highest BCUT2D eigenvalue weighted by Gasteiger charge is 2.50. The van der Waals surface area contributed by atoms with Crippen LogP contribution in [-0.2, 0) is 27.9 Å². The van der Waals surface area contributed by atoms with E-state index in [1.165, 1.54) is 12.1 Å². The van der Waals surface area contributed by atoms with Gasteiger partial charge in [-0.1, -0.05) is 72.8 Å². The number of hydrogen-bond acceptors (Lipinski definition) is 5. The van der Waals surface area contributed by atoms with Gasteiger partial charge in [-0.25, -0.2) is 14.8 Å². The molecule has 0 bridgehead atoms. The summed E-state index contributed by atoms with van der Waals surface area (Å²) in [5.74, 6) is -1.41. The number of nitrogens with zero attached hydrogens (tertiary/aromatic N) is 2. The molecule has 1 aromatic heterocycles. The van der Waals surface area contributed by atoms with Gasteiger partial charge in [0.2, 0.25) is 6.10 Å². The maximum atomic E-state index is 13.4. The molecule has 0 saturated heterocycles. The van der Waals surface area contributed by atoms with Crippen molar-refractivity contribution >= 4 is 5.97 Å². The fourth-order valence-electron chi connectivity index (χ4n) is 4.23. The van der Waals surface area contributed by atoms with Gasteiger partial charge in [-0.2, -0.15) is 13.2 Å². The maximum Gasteiger partial charge on any atom is 0.416 e. The number of alkyl halides is 3. The molecule has 0 unspecified atom stereocenters. The largest absolute Gasteiger partial charge is 0.478 e. The molecule has 0 spiro atoms. The van der Waals surface area contributed by atoms with Gasteiger partial charge in [0, 0.05) is 11.4 Å². The van der Waals surface area contributed by atoms with E-state index in [9.17, 15) is 23.1 Å². The number of carbonyl (C=O) groups is 1. The van der Waals surface area contributed by atoms with Gasteiger partial charge < -0.3 is 14.6 Å². The highest BCUT2D eigenvalue weighted by molar-refractivity contribution is 5.76. The number of ether oxygens (including phenoxy) is 2. The summed E-state index contributed by atoms with van der Waals surface area (Å²) < 4.78 is 52.5. The van der Waals surface area contributed by atoms with E-state index in [0.717, 1.165) is 17.7 Å². The molecule has 196 valence electrons. The Labute approximate surface area is 217 Å². The lowest BCUT2D eigenvalue weighted by Crippen LogP contribution is -2.51. The van der Waals surface area contributed by atoms with Gasteiger partial charge in [0.25, 0.3) is 0 Å². The van der Waals surface area contributed by atoms with Crippen LogP contribution >= 0.6 is 0 Å². The van der Waals surface area contributed by atoms with Gasteiger partial charge in [-0.15, -0.1) is 0 Å². The first-order valence-electron chi connectivity index (χ1n) is 11.7. The summed E-state index contributed by atoms with van der Waals surface area (Å²) in [5.41, 5.74) is -0.392. The summed E-state index contributed by atoms with van der Waals surface area (Å²) in [7, 11) is 0. The first-order valence-corrected chi connectivity index (χ1v) is 11.7. The predicted molar refractivity (Wildman–Crippen MR) is 133 cm³/mol. The first-order chi connectivity index (χ1) is 18.1. The van der Waals surface area contributed by atoms with Crippen LogP contribution in [0.15, 0.2) is 91.0 Å². The Morgan fingerprint density at radius 3 is 1.84 bits per heavy atom. The summed E-state index contributed by atoms with van der Waals surface area (Å²) >= 11 is 0. The van der Waals surface area contributed by atoms with E-state index in [2.05, 4.69) is 9.97 Å². The Kier molecular flexibility index (Phi) is 7.78. The molecule has 1 N–H and O–H groups in total. The van der Waals surface area contributed by atoms with E-state index in [-0.39, 0.29) is 18.2 Å². The molecule has 1 heterocycles. The minimum absolute atomic E-state index is 0.0579. The molecule has 6 nitrogen and oxygen atoms in total. The van der Waals surface area contributed by atoms with Gasteiger partial charge in [-0.05, 0) is 48.7 Å². The zero-order valence-corrected chi connectivity index (χ0v) is 20.6. The lowest BCUT2D eigenvalue weighted by molar-refractivity contribution is -0.166. The molecule has 0 amide bonds. The van der Waals surface area contributed by atoms with Crippen LogP contribution in [0.5, 0.6) is 6.01 Å². The third-order valence-corrected chi connectivity index (χ3v) is 5.93. The number of rotatable bonds is 9. The molecular formula is C29H25F3N2O4. The van der Waals surface area contributed by atoms with Crippen molar-refractivity contribution in [1.82, 2.24) is 9.97 Å². The zero-order valence-electron chi connectivity index (χ0n) is 20.6. The second-order valence-electron chi connectivity index (χ2n) is 8.72. The van der Waals surface area contributed by atoms with Crippen LogP contribution in [0.25, 0.3) is 0 Å². The fourth-order valence-corrected chi connectivity index (χ4v) is 4.23. The molecule has 0 radical (unpaired) electrons. The van der Waals surface area contributed by atoms with Crippen molar-refractivity contribution in [2.75, 3.05) is 0 Å². The number of aryl methyl sites for hydroxylation is 2. The van der Waals surface area contributed by atoms with Crippen LogP contribution < -0.4 is 4.74 Å². The van der Waals surface area contributed by atoms with Crippen LogP contribution in [0, 0.1) is 13.8 Å². The van der Waals surface area contributed by atoms with Crippen molar-refractivity contribution < 1.29 is 32.5 Å². The van der Waals surface area contributed by atoms with E-state index >= 15 is 0 Å². The highest BCUT2D eigenvalue weighted by Crippen LogP contribution is 2.41. The molecule has 9 heteroatoms. The van der Waals surface area contributed by atoms with Crippen molar-refractivity contribution in [3.05, 3.63) is 125 Å². The standard InChI is InChI=1S/C29H25F3N2O4/c1-19-17-20(2)34-27(33-19)38-25(26(35)36)28(22-11-7-4-8-12-22,37-18-21-9-5-3-6-10-21)23-13-15-24(16-14-23)29(30,31)32/h3-17,25H,18H2,1-2H3,(H,35,36)/t25-,28-/m0/s1. The lowest BCUT2D eigenvalue weighted by atomic mass is 9.80. The molecule has 0 aliphatic carbocycles. The van der Waals surface area contributed by atoms with Crippen LogP contribution in [-0.4, -0.2) is 27.1 Å². The summed E-state index contributed by atoms with van der Waals surface area (Å²) in [6.07, 6.45) is -6.35. The van der Waals surface area contributed by atoms with E-state index in [1.807, 2.05) is 6.07 Å². The lowest BCUT2D eigenvalue weighted by Gasteiger charge is -2.39. The summed E-state index contributed by atoms with van der Waals surface area (Å²) in [6, 6.07) is 23.1. The second-order valence-corrected chi connectivity index (χ2v) is 8.72. The highest BCUT2D eigenvalue weighted by atomic mass is 19.4. The number of aliphatic carboxylic acids is 1. The quantitative estimate of drug-likeness (QED) is 0.286. The third kappa shape index (κ3) is 5.84. The van der Waals surface area contributed by atoms with Crippen molar-refractivity contribution in [2.24, 2.45) is 0 Å². The normalized spacial score (nSPS) is 13.9. The van der Waals surface area contributed by atoms with Crippen molar-refractivity contribution in [3.8, 4) is 6.01 Å². The van der Waals surface area contributed by atoms with Crippen LogP contribution in [0.1, 0.15) is 33.6 Å². The number of benzene rings is 3. The Morgan fingerprint density at radius 1 is 0.816 bits per heavy atom. The summed E-state index contributed by atoms with van der Waals surface area (Å²) in [5, 5.41) is 10.5. The molecule has 0 aliphatic heterocycles. The van der Waals surface area contributed by atoms with Gasteiger partial charge >= 0.3 is 18.2 Å². The molecule has 4 aromatic rings. The fraction of sp³-hybridized carbons (Fsp3) is 0.207.